The second kappa shape index (κ2) is 12.5. The molecule has 0 spiro atoms. The molecular weight excluding hydrogens is 258 g/mol. The van der Waals surface area contributed by atoms with Crippen molar-refractivity contribution < 1.29 is 4.74 Å². The Morgan fingerprint density at radius 2 is 1.14 bits per heavy atom. The van der Waals surface area contributed by atoms with E-state index in [0.717, 1.165) is 13.1 Å². The largest absolute Gasteiger partial charge is 0.373 e. The molecular formula is C19H39NO. The van der Waals surface area contributed by atoms with E-state index in [9.17, 15) is 0 Å². The van der Waals surface area contributed by atoms with Gasteiger partial charge in [0, 0.05) is 13.1 Å². The molecule has 0 aromatic rings. The summed E-state index contributed by atoms with van der Waals surface area (Å²) < 4.78 is 5.78. The third-order valence-corrected chi connectivity index (χ3v) is 4.57. The molecule has 1 saturated heterocycles. The number of nitrogens with zero attached hydrogens (tertiary/aromatic N) is 1. The molecule has 0 aromatic carbocycles. The fourth-order valence-corrected chi connectivity index (χ4v) is 3.47. The van der Waals surface area contributed by atoms with Crippen LogP contribution in [0.15, 0.2) is 0 Å². The van der Waals surface area contributed by atoms with Gasteiger partial charge < -0.3 is 4.74 Å². The lowest BCUT2D eigenvalue weighted by Gasteiger charge is -2.35. The standard InChI is InChI=1S/C19H39NO/c1-4-5-6-7-8-9-10-11-12-13-14-15-20-16-18(2)21-19(3)17-20/h18-19H,4-17H2,1-3H3/t18-,19-/m1/s1. The molecule has 2 atom stereocenters. The van der Waals surface area contributed by atoms with Crippen molar-refractivity contribution in [2.75, 3.05) is 19.6 Å². The molecule has 2 heteroatoms. The SMILES string of the molecule is CCCCCCCCCCCCCN1C[C@@H](C)O[C@H](C)C1. The van der Waals surface area contributed by atoms with E-state index in [0.29, 0.717) is 12.2 Å². The van der Waals surface area contributed by atoms with Gasteiger partial charge in [0.2, 0.25) is 0 Å². The molecule has 0 aliphatic carbocycles. The van der Waals surface area contributed by atoms with Crippen molar-refractivity contribution >= 4 is 0 Å². The van der Waals surface area contributed by atoms with Crippen LogP contribution < -0.4 is 0 Å². The Kier molecular flexibility index (Phi) is 11.3. The molecule has 0 bridgehead atoms. The van der Waals surface area contributed by atoms with Crippen LogP contribution in [0.5, 0.6) is 0 Å². The van der Waals surface area contributed by atoms with Crippen LogP contribution in [0, 0.1) is 0 Å². The van der Waals surface area contributed by atoms with Gasteiger partial charge in [0.1, 0.15) is 0 Å². The van der Waals surface area contributed by atoms with E-state index in [1.807, 2.05) is 0 Å². The van der Waals surface area contributed by atoms with E-state index < -0.39 is 0 Å². The molecule has 0 aromatic heterocycles. The molecule has 21 heavy (non-hydrogen) atoms. The van der Waals surface area contributed by atoms with Gasteiger partial charge in [-0.3, -0.25) is 4.90 Å². The number of morpholine rings is 1. The van der Waals surface area contributed by atoms with Gasteiger partial charge in [0.25, 0.3) is 0 Å². The molecule has 126 valence electrons. The van der Waals surface area contributed by atoms with Crippen LogP contribution in [0.3, 0.4) is 0 Å². The molecule has 0 N–H and O–H groups in total. The Balaban J connectivity index is 1.82. The molecule has 1 heterocycles. The first-order valence-electron chi connectivity index (χ1n) is 9.60. The Morgan fingerprint density at radius 3 is 1.62 bits per heavy atom. The van der Waals surface area contributed by atoms with E-state index in [-0.39, 0.29) is 0 Å². The number of hydrogen-bond donors (Lipinski definition) is 0. The lowest BCUT2D eigenvalue weighted by atomic mass is 10.1. The monoisotopic (exact) mass is 297 g/mol. The minimum Gasteiger partial charge on any atom is -0.373 e. The van der Waals surface area contributed by atoms with Gasteiger partial charge in [-0.15, -0.1) is 0 Å². The average molecular weight is 298 g/mol. The van der Waals surface area contributed by atoms with Crippen LogP contribution in [0.4, 0.5) is 0 Å². The Labute approximate surface area is 133 Å². The first-order valence-corrected chi connectivity index (χ1v) is 9.60. The highest BCUT2D eigenvalue weighted by atomic mass is 16.5. The normalized spacial score (nSPS) is 23.6. The van der Waals surface area contributed by atoms with Gasteiger partial charge in [0.05, 0.1) is 12.2 Å². The highest BCUT2D eigenvalue weighted by Crippen LogP contribution is 2.14. The van der Waals surface area contributed by atoms with Crippen LogP contribution in [-0.4, -0.2) is 36.7 Å². The highest BCUT2D eigenvalue weighted by Gasteiger charge is 2.21. The van der Waals surface area contributed by atoms with Crippen LogP contribution in [0.25, 0.3) is 0 Å². The van der Waals surface area contributed by atoms with E-state index in [2.05, 4.69) is 25.7 Å². The summed E-state index contributed by atoms with van der Waals surface area (Å²) in [6.45, 7) is 10.2. The summed E-state index contributed by atoms with van der Waals surface area (Å²) in [6.07, 6.45) is 16.6. The Hall–Kier alpha value is -0.0800. The molecule has 2 nitrogen and oxygen atoms in total. The number of hydrogen-bond acceptors (Lipinski definition) is 2. The summed E-state index contributed by atoms with van der Waals surface area (Å²) in [6, 6.07) is 0. The Morgan fingerprint density at radius 1 is 0.714 bits per heavy atom. The molecule has 0 radical (unpaired) electrons. The summed E-state index contributed by atoms with van der Waals surface area (Å²) >= 11 is 0. The zero-order valence-corrected chi connectivity index (χ0v) is 14.9. The molecule has 1 aliphatic rings. The van der Waals surface area contributed by atoms with Crippen LogP contribution in [0.1, 0.15) is 91.4 Å². The van der Waals surface area contributed by atoms with Crippen LogP contribution in [0.2, 0.25) is 0 Å². The van der Waals surface area contributed by atoms with Gasteiger partial charge in [-0.25, -0.2) is 0 Å². The smallest absolute Gasteiger partial charge is 0.0678 e. The predicted octanol–water partition coefficient (Wildman–Crippen LogP) is 5.41. The van der Waals surface area contributed by atoms with Gasteiger partial charge in [-0.2, -0.15) is 0 Å². The summed E-state index contributed by atoms with van der Waals surface area (Å²) in [5.74, 6) is 0. The number of ether oxygens (including phenoxy) is 1. The predicted molar refractivity (Wildman–Crippen MR) is 92.9 cm³/mol. The van der Waals surface area contributed by atoms with E-state index in [4.69, 9.17) is 4.74 Å². The van der Waals surface area contributed by atoms with Gasteiger partial charge in [-0.1, -0.05) is 71.1 Å². The van der Waals surface area contributed by atoms with Gasteiger partial charge in [-0.05, 0) is 26.8 Å². The topological polar surface area (TPSA) is 12.5 Å². The lowest BCUT2D eigenvalue weighted by Crippen LogP contribution is -2.45. The van der Waals surface area contributed by atoms with E-state index in [1.54, 1.807) is 0 Å². The summed E-state index contributed by atoms with van der Waals surface area (Å²) in [7, 11) is 0. The summed E-state index contributed by atoms with van der Waals surface area (Å²) in [5.41, 5.74) is 0. The van der Waals surface area contributed by atoms with Gasteiger partial charge in [0.15, 0.2) is 0 Å². The van der Waals surface area contributed by atoms with Crippen LogP contribution in [-0.2, 0) is 4.74 Å². The van der Waals surface area contributed by atoms with Gasteiger partial charge >= 0.3 is 0 Å². The van der Waals surface area contributed by atoms with Crippen LogP contribution >= 0.6 is 0 Å². The highest BCUT2D eigenvalue weighted by molar-refractivity contribution is 4.72. The first-order chi connectivity index (χ1) is 10.2. The van der Waals surface area contributed by atoms with Crippen molar-refractivity contribution in [3.63, 3.8) is 0 Å². The number of rotatable bonds is 12. The maximum atomic E-state index is 5.78. The minimum atomic E-state index is 0.418. The molecule has 0 unspecified atom stereocenters. The van der Waals surface area contributed by atoms with E-state index in [1.165, 1.54) is 77.2 Å². The van der Waals surface area contributed by atoms with Crippen molar-refractivity contribution in [1.29, 1.82) is 0 Å². The lowest BCUT2D eigenvalue weighted by molar-refractivity contribution is -0.0681. The molecule has 0 amide bonds. The maximum absolute atomic E-state index is 5.78. The molecule has 1 aliphatic heterocycles. The minimum absolute atomic E-state index is 0.418. The zero-order chi connectivity index (χ0) is 15.3. The second-order valence-corrected chi connectivity index (χ2v) is 7.05. The third kappa shape index (κ3) is 10.3. The fraction of sp³-hybridized carbons (Fsp3) is 1.00. The third-order valence-electron chi connectivity index (χ3n) is 4.57. The first kappa shape index (κ1) is 19.0. The van der Waals surface area contributed by atoms with Crippen molar-refractivity contribution in [3.8, 4) is 0 Å². The number of unbranched alkanes of at least 4 members (excludes halogenated alkanes) is 10. The average Bonchev–Trinajstić information content (AvgIpc) is 2.44. The van der Waals surface area contributed by atoms with Crippen molar-refractivity contribution in [2.45, 2.75) is 104 Å². The molecule has 1 fully saturated rings. The Bertz CT molecular complexity index is 222. The summed E-state index contributed by atoms with van der Waals surface area (Å²) in [5, 5.41) is 0. The summed E-state index contributed by atoms with van der Waals surface area (Å²) in [4.78, 5) is 2.59. The van der Waals surface area contributed by atoms with E-state index >= 15 is 0 Å². The molecule has 0 saturated carbocycles. The molecule has 1 rings (SSSR count). The van der Waals surface area contributed by atoms with Crippen molar-refractivity contribution in [3.05, 3.63) is 0 Å². The quantitative estimate of drug-likeness (QED) is 0.447. The zero-order valence-electron chi connectivity index (χ0n) is 14.9. The van der Waals surface area contributed by atoms with Crippen molar-refractivity contribution in [2.24, 2.45) is 0 Å². The van der Waals surface area contributed by atoms with Crippen molar-refractivity contribution in [1.82, 2.24) is 4.90 Å². The second-order valence-electron chi connectivity index (χ2n) is 7.05. The fourth-order valence-electron chi connectivity index (χ4n) is 3.47. The maximum Gasteiger partial charge on any atom is 0.0678 e.